The van der Waals surface area contributed by atoms with E-state index in [1.807, 2.05) is 0 Å². The van der Waals surface area contributed by atoms with Gasteiger partial charge < -0.3 is 14.4 Å². The summed E-state index contributed by atoms with van der Waals surface area (Å²) in [6, 6.07) is 8.54. The van der Waals surface area contributed by atoms with Gasteiger partial charge in [-0.05, 0) is 24.6 Å². The van der Waals surface area contributed by atoms with Crippen molar-refractivity contribution in [1.82, 2.24) is 14.7 Å². The molecular weight excluding hydrogens is 340 g/mol. The molecule has 0 aliphatic heterocycles. The number of aromatic hydroxyl groups is 1. The first kappa shape index (κ1) is 17.2. The summed E-state index contributed by atoms with van der Waals surface area (Å²) in [4.78, 5) is 30.2. The van der Waals surface area contributed by atoms with Crippen LogP contribution < -0.4 is 16.0 Å². The number of nitrogens with one attached hydrogen (secondary N) is 1. The third-order valence-electron chi connectivity index (χ3n) is 3.65. The van der Waals surface area contributed by atoms with Gasteiger partial charge in [-0.1, -0.05) is 17.3 Å². The van der Waals surface area contributed by atoms with Gasteiger partial charge in [0.15, 0.2) is 5.82 Å². The van der Waals surface area contributed by atoms with Crippen LogP contribution in [0.5, 0.6) is 11.6 Å². The molecular formula is C17H16N4O5. The molecule has 26 heavy (non-hydrogen) atoms. The van der Waals surface area contributed by atoms with Crippen LogP contribution in [0.4, 0.5) is 5.82 Å². The molecule has 0 fully saturated rings. The molecule has 0 unspecified atom stereocenters. The molecule has 2 N–H and O–H groups in total. The molecule has 0 spiro atoms. The number of hydrogen-bond donors (Lipinski definition) is 2. The van der Waals surface area contributed by atoms with Crippen LogP contribution in [0.3, 0.4) is 0 Å². The first-order valence-electron chi connectivity index (χ1n) is 7.64. The fraction of sp³-hybridized carbons (Fsp3) is 0.176. The standard InChI is InChI=1S/C17H16N4O5/c1-10-7-14(20-26-10)18-8-13-15(22)19-17(24)21(16(13)23)9-11-3-5-12(25-2)6-4-11/h3-8,23H,9H2,1-2H3,(H,19,22,24). The monoisotopic (exact) mass is 356 g/mol. The lowest BCUT2D eigenvalue weighted by Gasteiger charge is -2.10. The summed E-state index contributed by atoms with van der Waals surface area (Å²) < 4.78 is 11.0. The Morgan fingerprint density at radius 1 is 1.35 bits per heavy atom. The van der Waals surface area contributed by atoms with Crippen LogP contribution in [-0.2, 0) is 6.54 Å². The second-order valence-electron chi connectivity index (χ2n) is 5.48. The predicted molar refractivity (Wildman–Crippen MR) is 93.6 cm³/mol. The van der Waals surface area contributed by atoms with E-state index in [0.29, 0.717) is 11.5 Å². The Bertz CT molecular complexity index is 1060. The Morgan fingerprint density at radius 3 is 2.69 bits per heavy atom. The summed E-state index contributed by atoms with van der Waals surface area (Å²) in [7, 11) is 1.55. The highest BCUT2D eigenvalue weighted by molar-refractivity contribution is 5.83. The molecule has 0 amide bonds. The van der Waals surface area contributed by atoms with E-state index in [1.165, 1.54) is 0 Å². The maximum absolute atomic E-state index is 12.1. The Morgan fingerprint density at radius 2 is 2.08 bits per heavy atom. The van der Waals surface area contributed by atoms with E-state index in [4.69, 9.17) is 9.26 Å². The molecule has 0 saturated carbocycles. The lowest BCUT2D eigenvalue weighted by Crippen LogP contribution is -2.32. The van der Waals surface area contributed by atoms with Crippen molar-refractivity contribution in [3.63, 3.8) is 0 Å². The number of methoxy groups -OCH3 is 1. The number of hydrogen-bond acceptors (Lipinski definition) is 7. The lowest BCUT2D eigenvalue weighted by molar-refractivity contribution is 0.399. The van der Waals surface area contributed by atoms with E-state index in [0.717, 1.165) is 16.3 Å². The van der Waals surface area contributed by atoms with Gasteiger partial charge in [-0.15, -0.1) is 0 Å². The fourth-order valence-corrected chi connectivity index (χ4v) is 2.30. The molecule has 3 rings (SSSR count). The second kappa shape index (κ2) is 7.09. The molecule has 9 nitrogen and oxygen atoms in total. The van der Waals surface area contributed by atoms with E-state index in [-0.39, 0.29) is 17.9 Å². The molecule has 3 aromatic rings. The Hall–Kier alpha value is -3.62. The third-order valence-corrected chi connectivity index (χ3v) is 3.65. The number of H-pyrrole nitrogens is 1. The number of aromatic amines is 1. The van der Waals surface area contributed by atoms with Crippen molar-refractivity contribution < 1.29 is 14.4 Å². The van der Waals surface area contributed by atoms with Crippen LogP contribution in [0.1, 0.15) is 16.9 Å². The highest BCUT2D eigenvalue weighted by Crippen LogP contribution is 2.16. The van der Waals surface area contributed by atoms with Crippen LogP contribution in [0.2, 0.25) is 0 Å². The van der Waals surface area contributed by atoms with Gasteiger partial charge in [-0.25, -0.2) is 9.79 Å². The molecule has 134 valence electrons. The van der Waals surface area contributed by atoms with Gasteiger partial charge >= 0.3 is 5.69 Å². The molecule has 0 aliphatic rings. The van der Waals surface area contributed by atoms with Gasteiger partial charge in [0.1, 0.15) is 17.1 Å². The zero-order chi connectivity index (χ0) is 18.7. The van der Waals surface area contributed by atoms with Crippen LogP contribution >= 0.6 is 0 Å². The number of aliphatic imine (C=N–C) groups is 1. The summed E-state index contributed by atoms with van der Waals surface area (Å²) in [5.74, 6) is 0.981. The average Bonchev–Trinajstić information content (AvgIpc) is 3.04. The van der Waals surface area contributed by atoms with E-state index < -0.39 is 17.1 Å². The summed E-state index contributed by atoms with van der Waals surface area (Å²) in [6.07, 6.45) is 1.13. The van der Waals surface area contributed by atoms with Gasteiger partial charge in [0.25, 0.3) is 5.56 Å². The molecule has 0 saturated heterocycles. The first-order chi connectivity index (χ1) is 12.5. The molecule has 0 radical (unpaired) electrons. The second-order valence-corrected chi connectivity index (χ2v) is 5.48. The van der Waals surface area contributed by atoms with Gasteiger partial charge in [0.05, 0.1) is 13.7 Å². The number of nitrogens with zero attached hydrogens (tertiary/aromatic N) is 3. The van der Waals surface area contributed by atoms with E-state index in [9.17, 15) is 14.7 Å². The van der Waals surface area contributed by atoms with Gasteiger partial charge in [-0.3, -0.25) is 14.3 Å². The van der Waals surface area contributed by atoms with Gasteiger partial charge in [-0.2, -0.15) is 0 Å². The summed E-state index contributed by atoms with van der Waals surface area (Å²) in [5, 5.41) is 14.0. The molecule has 0 atom stereocenters. The smallest absolute Gasteiger partial charge is 0.331 e. The van der Waals surface area contributed by atoms with Crippen molar-refractivity contribution in [2.45, 2.75) is 13.5 Å². The van der Waals surface area contributed by atoms with Crippen molar-refractivity contribution in [2.75, 3.05) is 7.11 Å². The molecule has 0 aliphatic carbocycles. The molecule has 2 heterocycles. The van der Waals surface area contributed by atoms with Crippen molar-refractivity contribution in [3.8, 4) is 11.6 Å². The minimum Gasteiger partial charge on any atom is -0.497 e. The number of rotatable bonds is 5. The van der Waals surface area contributed by atoms with Gasteiger partial charge in [0, 0.05) is 12.3 Å². The number of benzene rings is 1. The maximum Gasteiger partial charge on any atom is 0.331 e. The SMILES string of the molecule is COc1ccc(Cn2c(O)c(C=Nc3cc(C)on3)c(=O)[nH]c2=O)cc1. The van der Waals surface area contributed by atoms with Crippen molar-refractivity contribution >= 4 is 12.0 Å². The Balaban J connectivity index is 1.96. The highest BCUT2D eigenvalue weighted by Gasteiger charge is 2.13. The number of ether oxygens (including phenoxy) is 1. The van der Waals surface area contributed by atoms with Crippen LogP contribution in [0.25, 0.3) is 0 Å². The normalized spacial score (nSPS) is 11.2. The van der Waals surface area contributed by atoms with E-state index in [1.54, 1.807) is 44.4 Å². The van der Waals surface area contributed by atoms with Crippen molar-refractivity contribution in [1.29, 1.82) is 0 Å². The maximum atomic E-state index is 12.1. The fourth-order valence-electron chi connectivity index (χ4n) is 2.30. The van der Waals surface area contributed by atoms with E-state index >= 15 is 0 Å². The third kappa shape index (κ3) is 3.56. The van der Waals surface area contributed by atoms with Crippen LogP contribution in [0.15, 0.2) is 49.4 Å². The van der Waals surface area contributed by atoms with Crippen LogP contribution in [-0.4, -0.2) is 33.1 Å². The summed E-state index contributed by atoms with van der Waals surface area (Å²) >= 11 is 0. The Kier molecular flexibility index (Phi) is 4.70. The Labute approximate surface area is 147 Å². The van der Waals surface area contributed by atoms with E-state index in [2.05, 4.69) is 15.1 Å². The molecule has 1 aromatic carbocycles. The number of aromatic nitrogens is 3. The quantitative estimate of drug-likeness (QED) is 0.665. The zero-order valence-corrected chi connectivity index (χ0v) is 14.1. The van der Waals surface area contributed by atoms with Gasteiger partial charge in [0.2, 0.25) is 5.88 Å². The average molecular weight is 356 g/mol. The molecule has 2 aromatic heterocycles. The topological polar surface area (TPSA) is 123 Å². The minimum atomic E-state index is -0.748. The largest absolute Gasteiger partial charge is 0.497 e. The zero-order valence-electron chi connectivity index (χ0n) is 14.1. The summed E-state index contributed by atoms with van der Waals surface area (Å²) in [5.41, 5.74) is -0.885. The first-order valence-corrected chi connectivity index (χ1v) is 7.64. The lowest BCUT2D eigenvalue weighted by atomic mass is 10.2. The number of aryl methyl sites for hydroxylation is 1. The van der Waals surface area contributed by atoms with Crippen LogP contribution in [0, 0.1) is 6.92 Å². The molecule has 0 bridgehead atoms. The molecule has 9 heteroatoms. The minimum absolute atomic E-state index is 0.0648. The predicted octanol–water partition coefficient (Wildman–Crippen LogP) is 1.35. The van der Waals surface area contributed by atoms with Crippen molar-refractivity contribution in [2.24, 2.45) is 4.99 Å². The highest BCUT2D eigenvalue weighted by atomic mass is 16.5. The van der Waals surface area contributed by atoms with Crippen molar-refractivity contribution in [3.05, 3.63) is 68.1 Å². The summed E-state index contributed by atoms with van der Waals surface area (Å²) in [6.45, 7) is 1.76.